The molecule has 0 atom stereocenters. The molecular weight excluding hydrogens is 296 g/mol. The number of pyridine rings is 1. The molecule has 3 nitrogen and oxygen atoms in total. The molecule has 3 rings (SSSR count). The number of benzene rings is 2. The molecule has 3 aromatic rings. The van der Waals surface area contributed by atoms with Gasteiger partial charge in [-0.1, -0.05) is 72.3 Å². The van der Waals surface area contributed by atoms with Gasteiger partial charge in [0.25, 0.3) is 0 Å². The minimum Gasteiger partial charge on any atom is -0.383 e. The maximum absolute atomic E-state index is 11.6. The molecule has 3 N–H and O–H groups in total. The van der Waals surface area contributed by atoms with Gasteiger partial charge in [-0.25, -0.2) is 4.98 Å². The van der Waals surface area contributed by atoms with E-state index in [4.69, 9.17) is 17.3 Å². The molecule has 0 saturated heterocycles. The predicted octanol–water partition coefficient (Wildman–Crippen LogP) is 3.60. The minimum absolute atomic E-state index is 0.250. The Kier molecular flexibility index (Phi) is 3.84. The maximum Gasteiger partial charge on any atom is 0.144 e. The summed E-state index contributed by atoms with van der Waals surface area (Å²) in [6.07, 6.45) is 1.47. The summed E-state index contributed by atoms with van der Waals surface area (Å²) in [5.41, 5.74) is 6.49. The number of aliphatic hydroxyl groups is 1. The monoisotopic (exact) mass is 310 g/mol. The Bertz CT molecular complexity index is 736. The number of hydrogen-bond donors (Lipinski definition) is 2. The third-order valence-corrected chi connectivity index (χ3v) is 3.86. The van der Waals surface area contributed by atoms with Crippen LogP contribution in [0.4, 0.5) is 5.82 Å². The normalized spacial score (nSPS) is 11.4. The zero-order valence-electron chi connectivity index (χ0n) is 11.8. The fraction of sp³-hybridized carbons (Fsp3) is 0.0556. The van der Waals surface area contributed by atoms with Crippen molar-refractivity contribution in [2.75, 3.05) is 5.73 Å². The SMILES string of the molecule is Nc1ncc(Cl)cc1C(O)(c1ccccc1)c1ccccc1. The Balaban J connectivity index is 2.31. The number of nitrogens with zero attached hydrogens (tertiary/aromatic N) is 1. The molecule has 0 unspecified atom stereocenters. The van der Waals surface area contributed by atoms with Gasteiger partial charge in [-0.3, -0.25) is 0 Å². The lowest BCUT2D eigenvalue weighted by Gasteiger charge is -2.30. The van der Waals surface area contributed by atoms with E-state index in [0.29, 0.717) is 21.7 Å². The van der Waals surface area contributed by atoms with E-state index in [-0.39, 0.29) is 5.82 Å². The van der Waals surface area contributed by atoms with E-state index in [2.05, 4.69) is 4.98 Å². The molecule has 1 aromatic heterocycles. The van der Waals surface area contributed by atoms with Gasteiger partial charge in [0.2, 0.25) is 0 Å². The van der Waals surface area contributed by atoms with Gasteiger partial charge in [0.1, 0.15) is 11.4 Å². The van der Waals surface area contributed by atoms with Crippen molar-refractivity contribution < 1.29 is 5.11 Å². The standard InChI is InChI=1S/C18H15ClN2O/c19-15-11-16(17(20)21-12-15)18(22,13-7-3-1-4-8-13)14-9-5-2-6-10-14/h1-12,22H,(H2,20,21). The van der Waals surface area contributed by atoms with Gasteiger partial charge >= 0.3 is 0 Å². The summed E-state index contributed by atoms with van der Waals surface area (Å²) in [6.45, 7) is 0. The second-order valence-corrected chi connectivity index (χ2v) is 5.47. The summed E-state index contributed by atoms with van der Waals surface area (Å²) in [4.78, 5) is 4.08. The van der Waals surface area contributed by atoms with Crippen LogP contribution in [0.2, 0.25) is 5.02 Å². The van der Waals surface area contributed by atoms with Crippen LogP contribution in [0.5, 0.6) is 0 Å². The van der Waals surface area contributed by atoms with Crippen LogP contribution >= 0.6 is 11.6 Å². The van der Waals surface area contributed by atoms with E-state index in [9.17, 15) is 5.11 Å². The maximum atomic E-state index is 11.6. The number of rotatable bonds is 3. The smallest absolute Gasteiger partial charge is 0.144 e. The van der Waals surface area contributed by atoms with Crippen molar-refractivity contribution in [3.05, 3.63) is 94.6 Å². The number of halogens is 1. The van der Waals surface area contributed by atoms with Crippen LogP contribution in [0.1, 0.15) is 16.7 Å². The number of hydrogen-bond acceptors (Lipinski definition) is 3. The third kappa shape index (κ3) is 2.45. The van der Waals surface area contributed by atoms with Crippen molar-refractivity contribution in [1.82, 2.24) is 4.98 Å². The Labute approximate surface area is 134 Å². The van der Waals surface area contributed by atoms with Crippen molar-refractivity contribution in [2.24, 2.45) is 0 Å². The summed E-state index contributed by atoms with van der Waals surface area (Å²) in [5.74, 6) is 0.250. The average Bonchev–Trinajstić information content (AvgIpc) is 2.58. The molecule has 1 heterocycles. The fourth-order valence-electron chi connectivity index (χ4n) is 2.58. The lowest BCUT2D eigenvalue weighted by Crippen LogP contribution is -2.30. The van der Waals surface area contributed by atoms with E-state index in [1.807, 2.05) is 60.7 Å². The van der Waals surface area contributed by atoms with Crippen LogP contribution in [0, 0.1) is 0 Å². The van der Waals surface area contributed by atoms with Gasteiger partial charge in [-0.2, -0.15) is 0 Å². The van der Waals surface area contributed by atoms with E-state index in [0.717, 1.165) is 0 Å². The highest BCUT2D eigenvalue weighted by Gasteiger charge is 2.36. The van der Waals surface area contributed by atoms with E-state index in [1.165, 1.54) is 6.20 Å². The quantitative estimate of drug-likeness (QED) is 0.777. The Hall–Kier alpha value is -2.36. The van der Waals surface area contributed by atoms with Gasteiger partial charge in [-0.15, -0.1) is 0 Å². The zero-order valence-corrected chi connectivity index (χ0v) is 12.5. The Morgan fingerprint density at radius 2 is 1.41 bits per heavy atom. The second kappa shape index (κ2) is 5.79. The highest BCUT2D eigenvalue weighted by Crippen LogP contribution is 2.39. The van der Waals surface area contributed by atoms with Crippen LogP contribution in [0.15, 0.2) is 72.9 Å². The van der Waals surface area contributed by atoms with Crippen molar-refractivity contribution in [3.63, 3.8) is 0 Å². The van der Waals surface area contributed by atoms with Crippen LogP contribution in [-0.4, -0.2) is 10.1 Å². The molecule has 2 aromatic carbocycles. The summed E-state index contributed by atoms with van der Waals surface area (Å²) in [6, 6.07) is 20.4. The highest BCUT2D eigenvalue weighted by molar-refractivity contribution is 6.30. The molecule has 0 bridgehead atoms. The summed E-state index contributed by atoms with van der Waals surface area (Å²) >= 11 is 6.07. The van der Waals surface area contributed by atoms with Gasteiger partial charge in [-0.05, 0) is 17.2 Å². The first-order valence-corrected chi connectivity index (χ1v) is 7.25. The molecule has 0 aliphatic carbocycles. The summed E-state index contributed by atoms with van der Waals surface area (Å²) < 4.78 is 0. The van der Waals surface area contributed by atoms with Gasteiger partial charge in [0.05, 0.1) is 5.02 Å². The van der Waals surface area contributed by atoms with Crippen molar-refractivity contribution in [1.29, 1.82) is 0 Å². The van der Waals surface area contributed by atoms with Gasteiger partial charge in [0, 0.05) is 11.8 Å². The third-order valence-electron chi connectivity index (χ3n) is 3.66. The summed E-state index contributed by atoms with van der Waals surface area (Å²) in [5, 5.41) is 12.0. The van der Waals surface area contributed by atoms with E-state index in [1.54, 1.807) is 6.07 Å². The van der Waals surface area contributed by atoms with E-state index >= 15 is 0 Å². The molecular formula is C18H15ClN2O. The molecule has 0 spiro atoms. The topological polar surface area (TPSA) is 59.1 Å². The first kappa shape index (κ1) is 14.6. The van der Waals surface area contributed by atoms with Gasteiger partial charge < -0.3 is 10.8 Å². The average molecular weight is 311 g/mol. The fourth-order valence-corrected chi connectivity index (χ4v) is 2.73. The first-order valence-electron chi connectivity index (χ1n) is 6.87. The number of nitrogens with two attached hydrogens (primary N) is 1. The zero-order chi connectivity index (χ0) is 15.6. The molecule has 0 amide bonds. The van der Waals surface area contributed by atoms with Crippen LogP contribution in [-0.2, 0) is 5.60 Å². The lowest BCUT2D eigenvalue weighted by molar-refractivity contribution is 0.126. The van der Waals surface area contributed by atoms with Crippen LogP contribution < -0.4 is 5.73 Å². The van der Waals surface area contributed by atoms with Crippen LogP contribution in [0.3, 0.4) is 0 Å². The molecule has 22 heavy (non-hydrogen) atoms. The second-order valence-electron chi connectivity index (χ2n) is 5.03. The number of anilines is 1. The molecule has 0 fully saturated rings. The summed E-state index contributed by atoms with van der Waals surface area (Å²) in [7, 11) is 0. The van der Waals surface area contributed by atoms with Crippen molar-refractivity contribution >= 4 is 17.4 Å². The molecule has 4 heteroatoms. The van der Waals surface area contributed by atoms with Crippen molar-refractivity contribution in [3.8, 4) is 0 Å². The first-order chi connectivity index (χ1) is 10.6. The Morgan fingerprint density at radius 1 is 0.909 bits per heavy atom. The number of nitrogen functional groups attached to an aromatic ring is 1. The molecule has 110 valence electrons. The predicted molar refractivity (Wildman–Crippen MR) is 88.6 cm³/mol. The van der Waals surface area contributed by atoms with Crippen LogP contribution in [0.25, 0.3) is 0 Å². The molecule has 0 radical (unpaired) electrons. The molecule has 0 aliphatic heterocycles. The number of aromatic nitrogens is 1. The largest absolute Gasteiger partial charge is 0.383 e. The molecule has 0 saturated carbocycles. The highest BCUT2D eigenvalue weighted by atomic mass is 35.5. The van der Waals surface area contributed by atoms with Crippen molar-refractivity contribution in [2.45, 2.75) is 5.60 Å². The molecule has 0 aliphatic rings. The Morgan fingerprint density at radius 3 is 1.91 bits per heavy atom. The minimum atomic E-state index is -1.41. The lowest BCUT2D eigenvalue weighted by atomic mass is 9.80. The van der Waals surface area contributed by atoms with E-state index < -0.39 is 5.60 Å². The van der Waals surface area contributed by atoms with Gasteiger partial charge in [0.15, 0.2) is 0 Å².